The van der Waals surface area contributed by atoms with Gasteiger partial charge in [0, 0.05) is 12.0 Å². The number of hydrogen-bond acceptors (Lipinski definition) is 5. The van der Waals surface area contributed by atoms with Crippen molar-refractivity contribution in [3.05, 3.63) is 30.0 Å². The summed E-state index contributed by atoms with van der Waals surface area (Å²) in [5.41, 5.74) is 8.35. The van der Waals surface area contributed by atoms with Crippen LogP contribution in [0.15, 0.2) is 24.4 Å². The summed E-state index contributed by atoms with van der Waals surface area (Å²) in [5, 5.41) is 7.43. The molecule has 0 unspecified atom stereocenters. The molecule has 5 heteroatoms. The summed E-state index contributed by atoms with van der Waals surface area (Å²) in [5.74, 6) is 1.07. The standard InChI is InChI=1S/C11H10N4O/c12-11-14-9(6-13-15-11)8-3-1-2-7-4-5-16-10(7)8/h1-3,6H,4-5H2,(H2,12,14,15). The van der Waals surface area contributed by atoms with Gasteiger partial charge in [0.1, 0.15) is 5.75 Å². The number of benzene rings is 1. The summed E-state index contributed by atoms with van der Waals surface area (Å²) < 4.78 is 5.59. The van der Waals surface area contributed by atoms with E-state index in [1.54, 1.807) is 6.20 Å². The normalized spacial score (nSPS) is 13.2. The van der Waals surface area contributed by atoms with Crippen molar-refractivity contribution in [2.45, 2.75) is 6.42 Å². The molecule has 16 heavy (non-hydrogen) atoms. The van der Waals surface area contributed by atoms with Crippen molar-refractivity contribution in [2.75, 3.05) is 12.3 Å². The lowest BCUT2D eigenvalue weighted by Crippen LogP contribution is -1.99. The number of nitrogens with zero attached hydrogens (tertiary/aromatic N) is 3. The average molecular weight is 214 g/mol. The first-order chi connectivity index (χ1) is 7.84. The fourth-order valence-corrected chi connectivity index (χ4v) is 1.86. The number of anilines is 1. The molecule has 0 saturated heterocycles. The highest BCUT2D eigenvalue weighted by atomic mass is 16.5. The zero-order valence-corrected chi connectivity index (χ0v) is 8.55. The molecule has 2 heterocycles. The Morgan fingerprint density at radius 1 is 1.31 bits per heavy atom. The Morgan fingerprint density at radius 3 is 3.12 bits per heavy atom. The summed E-state index contributed by atoms with van der Waals surface area (Å²) >= 11 is 0. The highest BCUT2D eigenvalue weighted by Crippen LogP contribution is 2.35. The van der Waals surface area contributed by atoms with Crippen LogP contribution in [0.2, 0.25) is 0 Å². The largest absolute Gasteiger partial charge is 0.492 e. The molecule has 80 valence electrons. The zero-order valence-electron chi connectivity index (χ0n) is 8.55. The van der Waals surface area contributed by atoms with Gasteiger partial charge in [0.25, 0.3) is 0 Å². The van der Waals surface area contributed by atoms with E-state index in [1.807, 2.05) is 12.1 Å². The van der Waals surface area contributed by atoms with Gasteiger partial charge < -0.3 is 10.5 Å². The minimum Gasteiger partial charge on any atom is -0.492 e. The van der Waals surface area contributed by atoms with Gasteiger partial charge in [-0.1, -0.05) is 12.1 Å². The van der Waals surface area contributed by atoms with Crippen LogP contribution >= 0.6 is 0 Å². The lowest BCUT2D eigenvalue weighted by Gasteiger charge is -2.06. The second kappa shape index (κ2) is 3.44. The molecule has 1 aromatic heterocycles. The Morgan fingerprint density at radius 2 is 2.25 bits per heavy atom. The third-order valence-electron chi connectivity index (χ3n) is 2.57. The molecule has 0 saturated carbocycles. The maximum Gasteiger partial charge on any atom is 0.240 e. The molecule has 0 fully saturated rings. The predicted molar refractivity (Wildman–Crippen MR) is 58.9 cm³/mol. The molecule has 0 spiro atoms. The molecular weight excluding hydrogens is 204 g/mol. The maximum absolute atomic E-state index is 5.59. The maximum atomic E-state index is 5.59. The number of nitrogens with two attached hydrogens (primary N) is 1. The number of fused-ring (bicyclic) bond motifs is 1. The Labute approximate surface area is 92.3 Å². The Hall–Kier alpha value is -2.17. The molecule has 0 bridgehead atoms. The topological polar surface area (TPSA) is 73.9 Å². The lowest BCUT2D eigenvalue weighted by atomic mass is 10.1. The quantitative estimate of drug-likeness (QED) is 0.768. The summed E-state index contributed by atoms with van der Waals surface area (Å²) in [6.07, 6.45) is 2.53. The number of nitrogen functional groups attached to an aromatic ring is 1. The van der Waals surface area contributed by atoms with Crippen molar-refractivity contribution in [3.63, 3.8) is 0 Å². The van der Waals surface area contributed by atoms with E-state index in [2.05, 4.69) is 21.2 Å². The SMILES string of the molecule is Nc1nncc(-c2cccc3c2OCC3)n1. The van der Waals surface area contributed by atoms with Gasteiger partial charge in [0.05, 0.1) is 18.5 Å². The van der Waals surface area contributed by atoms with Gasteiger partial charge in [-0.2, -0.15) is 5.10 Å². The number of hydrogen-bond donors (Lipinski definition) is 1. The van der Waals surface area contributed by atoms with Gasteiger partial charge in [-0.05, 0) is 11.6 Å². The summed E-state index contributed by atoms with van der Waals surface area (Å²) in [6.45, 7) is 0.723. The molecule has 2 N–H and O–H groups in total. The van der Waals surface area contributed by atoms with Crippen LogP contribution in [-0.2, 0) is 6.42 Å². The van der Waals surface area contributed by atoms with Gasteiger partial charge >= 0.3 is 0 Å². The van der Waals surface area contributed by atoms with Gasteiger partial charge in [-0.3, -0.25) is 0 Å². The third-order valence-corrected chi connectivity index (χ3v) is 2.57. The van der Waals surface area contributed by atoms with Crippen molar-refractivity contribution in [3.8, 4) is 17.0 Å². The highest BCUT2D eigenvalue weighted by Gasteiger charge is 2.17. The van der Waals surface area contributed by atoms with Crippen molar-refractivity contribution in [1.29, 1.82) is 0 Å². The van der Waals surface area contributed by atoms with Crippen LogP contribution in [0.25, 0.3) is 11.3 Å². The first-order valence-electron chi connectivity index (χ1n) is 5.05. The monoisotopic (exact) mass is 214 g/mol. The molecule has 2 aromatic rings. The molecule has 1 aliphatic heterocycles. The number of para-hydroxylation sites is 1. The minimum absolute atomic E-state index is 0.174. The van der Waals surface area contributed by atoms with Gasteiger partial charge in [-0.15, -0.1) is 5.10 Å². The van der Waals surface area contributed by atoms with E-state index < -0.39 is 0 Å². The molecule has 5 nitrogen and oxygen atoms in total. The van der Waals surface area contributed by atoms with E-state index in [9.17, 15) is 0 Å². The van der Waals surface area contributed by atoms with Gasteiger partial charge in [0.15, 0.2) is 0 Å². The van der Waals surface area contributed by atoms with E-state index in [1.165, 1.54) is 5.56 Å². The molecule has 1 aliphatic rings. The molecular formula is C11H10N4O. The smallest absolute Gasteiger partial charge is 0.240 e. The van der Waals surface area contributed by atoms with E-state index in [0.717, 1.165) is 24.3 Å². The minimum atomic E-state index is 0.174. The molecule has 3 rings (SSSR count). The van der Waals surface area contributed by atoms with Crippen molar-refractivity contribution < 1.29 is 4.74 Å². The first kappa shape index (κ1) is 9.08. The van der Waals surface area contributed by atoms with E-state index >= 15 is 0 Å². The number of ether oxygens (including phenoxy) is 1. The van der Waals surface area contributed by atoms with Crippen LogP contribution in [0, 0.1) is 0 Å². The van der Waals surface area contributed by atoms with Crippen LogP contribution in [-0.4, -0.2) is 21.8 Å². The van der Waals surface area contributed by atoms with Crippen molar-refractivity contribution in [2.24, 2.45) is 0 Å². The lowest BCUT2D eigenvalue weighted by molar-refractivity contribution is 0.358. The summed E-state index contributed by atoms with van der Waals surface area (Å²) in [6, 6.07) is 6.00. The summed E-state index contributed by atoms with van der Waals surface area (Å²) in [7, 11) is 0. The van der Waals surface area contributed by atoms with Gasteiger partial charge in [0.2, 0.25) is 5.95 Å². The van der Waals surface area contributed by atoms with Crippen LogP contribution < -0.4 is 10.5 Å². The van der Waals surface area contributed by atoms with Crippen LogP contribution in [0.1, 0.15) is 5.56 Å². The molecule has 0 aliphatic carbocycles. The second-order valence-corrected chi connectivity index (χ2v) is 3.59. The molecule has 1 aromatic carbocycles. The van der Waals surface area contributed by atoms with Crippen molar-refractivity contribution in [1.82, 2.24) is 15.2 Å². The number of rotatable bonds is 1. The molecule has 0 radical (unpaired) electrons. The summed E-state index contributed by atoms with van der Waals surface area (Å²) in [4.78, 5) is 4.15. The number of aromatic nitrogens is 3. The fourth-order valence-electron chi connectivity index (χ4n) is 1.86. The average Bonchev–Trinajstić information content (AvgIpc) is 2.76. The van der Waals surface area contributed by atoms with Crippen LogP contribution in [0.4, 0.5) is 5.95 Å². The van der Waals surface area contributed by atoms with E-state index in [-0.39, 0.29) is 5.95 Å². The highest BCUT2D eigenvalue weighted by molar-refractivity contribution is 5.69. The molecule has 0 atom stereocenters. The van der Waals surface area contributed by atoms with E-state index in [4.69, 9.17) is 10.5 Å². The second-order valence-electron chi connectivity index (χ2n) is 3.59. The van der Waals surface area contributed by atoms with E-state index in [0.29, 0.717) is 5.69 Å². The fraction of sp³-hybridized carbons (Fsp3) is 0.182. The first-order valence-corrected chi connectivity index (χ1v) is 5.05. The van der Waals surface area contributed by atoms with Crippen LogP contribution in [0.3, 0.4) is 0 Å². The Balaban J connectivity index is 2.17. The Bertz CT molecular complexity index is 541. The third kappa shape index (κ3) is 1.37. The van der Waals surface area contributed by atoms with Crippen LogP contribution in [0.5, 0.6) is 5.75 Å². The zero-order chi connectivity index (χ0) is 11.0. The molecule has 0 amide bonds. The Kier molecular flexibility index (Phi) is 1.96. The van der Waals surface area contributed by atoms with Crippen molar-refractivity contribution >= 4 is 5.95 Å². The van der Waals surface area contributed by atoms with Gasteiger partial charge in [-0.25, -0.2) is 4.98 Å². The predicted octanol–water partition coefficient (Wildman–Crippen LogP) is 1.06.